The van der Waals surface area contributed by atoms with Gasteiger partial charge in [0.15, 0.2) is 6.10 Å². The monoisotopic (exact) mass is 965 g/mol. The summed E-state index contributed by atoms with van der Waals surface area (Å²) in [5.74, 6) is -0.999. The molecule has 0 aliphatic heterocycles. The molecule has 0 heterocycles. The molecule has 0 rings (SSSR count). The van der Waals surface area contributed by atoms with Gasteiger partial charge in [-0.25, -0.2) is 0 Å². The molecule has 0 aliphatic carbocycles. The number of allylic oxidation sites excluding steroid dienone is 24. The highest BCUT2D eigenvalue weighted by Gasteiger charge is 2.19. The van der Waals surface area contributed by atoms with E-state index in [1.807, 2.05) is 0 Å². The number of ether oxygens (including phenoxy) is 3. The average molecular weight is 965 g/mol. The third-order valence-electron chi connectivity index (χ3n) is 11.1. The highest BCUT2D eigenvalue weighted by molar-refractivity contribution is 5.71. The molecule has 0 saturated heterocycles. The van der Waals surface area contributed by atoms with Crippen molar-refractivity contribution >= 4 is 17.9 Å². The smallest absolute Gasteiger partial charge is 0.306 e. The van der Waals surface area contributed by atoms with Crippen LogP contribution < -0.4 is 0 Å². The predicted molar refractivity (Wildman–Crippen MR) is 302 cm³/mol. The Morgan fingerprint density at radius 2 is 0.557 bits per heavy atom. The first kappa shape index (κ1) is 65.3. The third-order valence-corrected chi connectivity index (χ3v) is 11.1. The molecule has 0 aromatic carbocycles. The summed E-state index contributed by atoms with van der Waals surface area (Å²) < 4.78 is 16.8. The minimum Gasteiger partial charge on any atom is -0.462 e. The van der Waals surface area contributed by atoms with Gasteiger partial charge >= 0.3 is 17.9 Å². The Bertz CT molecular complexity index is 1580. The maximum atomic E-state index is 12.8. The lowest BCUT2D eigenvalue weighted by molar-refractivity contribution is -0.167. The lowest BCUT2D eigenvalue weighted by Crippen LogP contribution is -2.30. The largest absolute Gasteiger partial charge is 0.462 e. The van der Waals surface area contributed by atoms with Crippen molar-refractivity contribution in [2.24, 2.45) is 0 Å². The standard InChI is InChI=1S/C64H100O6/c1-4-7-10-13-16-19-22-25-27-28-29-30-31-32-33-34-35-36-37-40-42-45-48-51-54-57-63(66)69-60-61(59-68-62(65)56-53-50-47-44-41-38-24-21-18-15-12-9-6-3)70-64(67)58-55-52-49-46-43-39-26-23-20-17-14-11-8-5-2/h7,9-10,12,14,16-19,21,23,25-27,29-30,32-33,35-36,38,40-42,61H,4-6,8,11,13,15,20,22,24,28,31,34,37,39,43-60H2,1-3H3/b10-7-,12-9-,17-14-,19-16-,21-18-,26-23-,27-25-,30-29-,33-32-,36-35-,41-38-,42-40-. The van der Waals surface area contributed by atoms with Crippen molar-refractivity contribution in [2.75, 3.05) is 13.2 Å². The van der Waals surface area contributed by atoms with Crippen LogP contribution in [0.5, 0.6) is 0 Å². The quantitative estimate of drug-likeness (QED) is 0.0262. The Morgan fingerprint density at radius 3 is 0.886 bits per heavy atom. The molecular weight excluding hydrogens is 865 g/mol. The fraction of sp³-hybridized carbons (Fsp3) is 0.578. The van der Waals surface area contributed by atoms with E-state index >= 15 is 0 Å². The van der Waals surface area contributed by atoms with E-state index in [0.29, 0.717) is 19.3 Å². The summed E-state index contributed by atoms with van der Waals surface area (Å²) in [6, 6.07) is 0. The summed E-state index contributed by atoms with van der Waals surface area (Å²) >= 11 is 0. The molecule has 0 saturated carbocycles. The molecule has 6 heteroatoms. The van der Waals surface area contributed by atoms with Gasteiger partial charge in [0.2, 0.25) is 0 Å². The Kier molecular flexibility index (Phi) is 53.0. The van der Waals surface area contributed by atoms with Gasteiger partial charge in [-0.15, -0.1) is 0 Å². The number of esters is 3. The van der Waals surface area contributed by atoms with E-state index in [1.54, 1.807) is 0 Å². The maximum absolute atomic E-state index is 12.8. The number of hydrogen-bond donors (Lipinski definition) is 0. The summed E-state index contributed by atoms with van der Waals surface area (Å²) in [6.45, 7) is 6.28. The molecule has 0 aliphatic rings. The van der Waals surface area contributed by atoms with Crippen molar-refractivity contribution in [3.63, 3.8) is 0 Å². The number of carbonyl (C=O) groups is 3. The average Bonchev–Trinajstić information content (AvgIpc) is 3.36. The van der Waals surface area contributed by atoms with Gasteiger partial charge in [0, 0.05) is 19.3 Å². The van der Waals surface area contributed by atoms with E-state index < -0.39 is 6.10 Å². The zero-order valence-electron chi connectivity index (χ0n) is 44.7. The van der Waals surface area contributed by atoms with Gasteiger partial charge in [0.05, 0.1) is 0 Å². The Morgan fingerprint density at radius 1 is 0.300 bits per heavy atom. The molecule has 0 radical (unpaired) electrons. The lowest BCUT2D eigenvalue weighted by Gasteiger charge is -2.18. The van der Waals surface area contributed by atoms with Crippen molar-refractivity contribution < 1.29 is 28.6 Å². The molecular formula is C64H100O6. The zero-order chi connectivity index (χ0) is 50.7. The van der Waals surface area contributed by atoms with Gasteiger partial charge < -0.3 is 14.2 Å². The van der Waals surface area contributed by atoms with Crippen LogP contribution in [0.15, 0.2) is 146 Å². The van der Waals surface area contributed by atoms with E-state index in [4.69, 9.17) is 14.2 Å². The third kappa shape index (κ3) is 54.2. The molecule has 0 aromatic heterocycles. The van der Waals surface area contributed by atoms with E-state index in [1.165, 1.54) is 19.3 Å². The molecule has 1 atom stereocenters. The van der Waals surface area contributed by atoms with Crippen molar-refractivity contribution in [2.45, 2.75) is 226 Å². The minimum absolute atomic E-state index is 0.116. The molecule has 392 valence electrons. The van der Waals surface area contributed by atoms with Crippen LogP contribution >= 0.6 is 0 Å². The first-order chi connectivity index (χ1) is 34.5. The molecule has 6 nitrogen and oxygen atoms in total. The number of unbranched alkanes of at least 4 members (excludes halogenated alkanes) is 13. The van der Waals surface area contributed by atoms with Crippen LogP contribution in [-0.4, -0.2) is 37.2 Å². The van der Waals surface area contributed by atoms with Crippen molar-refractivity contribution in [1.82, 2.24) is 0 Å². The maximum Gasteiger partial charge on any atom is 0.306 e. The van der Waals surface area contributed by atoms with Gasteiger partial charge in [-0.05, 0) is 135 Å². The van der Waals surface area contributed by atoms with Crippen LogP contribution in [0.2, 0.25) is 0 Å². The molecule has 0 bridgehead atoms. The topological polar surface area (TPSA) is 78.9 Å². The van der Waals surface area contributed by atoms with Crippen molar-refractivity contribution in [3.05, 3.63) is 146 Å². The molecule has 0 aromatic rings. The van der Waals surface area contributed by atoms with Crippen LogP contribution in [0.1, 0.15) is 220 Å². The highest BCUT2D eigenvalue weighted by Crippen LogP contribution is 2.12. The Labute approximate surface area is 429 Å². The van der Waals surface area contributed by atoms with Gasteiger partial charge in [0.25, 0.3) is 0 Å². The highest BCUT2D eigenvalue weighted by atomic mass is 16.6. The summed E-state index contributed by atoms with van der Waals surface area (Å²) in [5.41, 5.74) is 0. The first-order valence-corrected chi connectivity index (χ1v) is 27.8. The lowest BCUT2D eigenvalue weighted by atomic mass is 10.1. The summed E-state index contributed by atoms with van der Waals surface area (Å²) in [5, 5.41) is 0. The van der Waals surface area contributed by atoms with Gasteiger partial charge in [0.1, 0.15) is 13.2 Å². The Hall–Kier alpha value is -4.71. The predicted octanol–water partition coefficient (Wildman–Crippen LogP) is 18.8. The second kappa shape index (κ2) is 56.9. The number of rotatable bonds is 48. The number of carbonyl (C=O) groups excluding carboxylic acids is 3. The molecule has 1 unspecified atom stereocenters. The second-order valence-electron chi connectivity index (χ2n) is 17.7. The SMILES string of the molecule is CC/C=C\C/C=C\C/C=C\C/C=C\C/C=C\C/C=C\C/C=C\CCCCCC(=O)OCC(COC(=O)CCCCC/C=C\C/C=C\C/C=C\CC)OC(=O)CCCCCCC/C=C\C/C=C\CCCC. The normalized spacial score (nSPS) is 13.2. The zero-order valence-corrected chi connectivity index (χ0v) is 44.7. The van der Waals surface area contributed by atoms with E-state index in [0.717, 1.165) is 161 Å². The molecule has 0 amide bonds. The van der Waals surface area contributed by atoms with Crippen LogP contribution in [-0.2, 0) is 28.6 Å². The molecule has 0 fully saturated rings. The summed E-state index contributed by atoms with van der Waals surface area (Å²) in [4.78, 5) is 38.1. The van der Waals surface area contributed by atoms with Gasteiger partial charge in [-0.1, -0.05) is 212 Å². The fourth-order valence-electron chi connectivity index (χ4n) is 6.92. The fourth-order valence-corrected chi connectivity index (χ4v) is 6.92. The van der Waals surface area contributed by atoms with Crippen LogP contribution in [0.25, 0.3) is 0 Å². The van der Waals surface area contributed by atoms with E-state index in [-0.39, 0.29) is 31.1 Å². The molecule has 0 spiro atoms. The second-order valence-corrected chi connectivity index (χ2v) is 17.7. The molecule has 0 N–H and O–H groups in total. The minimum atomic E-state index is -0.818. The van der Waals surface area contributed by atoms with Crippen LogP contribution in [0, 0.1) is 0 Å². The van der Waals surface area contributed by atoms with E-state index in [2.05, 4.69) is 167 Å². The molecule has 70 heavy (non-hydrogen) atoms. The summed E-state index contributed by atoms with van der Waals surface area (Å²) in [7, 11) is 0. The Balaban J connectivity index is 4.47. The van der Waals surface area contributed by atoms with Crippen molar-refractivity contribution in [1.29, 1.82) is 0 Å². The van der Waals surface area contributed by atoms with Crippen LogP contribution in [0.3, 0.4) is 0 Å². The van der Waals surface area contributed by atoms with Crippen LogP contribution in [0.4, 0.5) is 0 Å². The summed E-state index contributed by atoms with van der Waals surface area (Å²) in [6.07, 6.45) is 81.2. The van der Waals surface area contributed by atoms with Gasteiger partial charge in [-0.2, -0.15) is 0 Å². The van der Waals surface area contributed by atoms with Crippen molar-refractivity contribution in [3.8, 4) is 0 Å². The first-order valence-electron chi connectivity index (χ1n) is 27.8. The van der Waals surface area contributed by atoms with E-state index in [9.17, 15) is 14.4 Å². The number of hydrogen-bond acceptors (Lipinski definition) is 6. The van der Waals surface area contributed by atoms with Gasteiger partial charge in [-0.3, -0.25) is 14.4 Å².